The summed E-state index contributed by atoms with van der Waals surface area (Å²) in [6.45, 7) is 6.30. The fraction of sp³-hybridized carbons (Fsp3) is 0.250. The van der Waals surface area contributed by atoms with Crippen LogP contribution in [0.2, 0.25) is 13.1 Å². The lowest BCUT2D eigenvalue weighted by molar-refractivity contribution is 0.582. The lowest BCUT2D eigenvalue weighted by Crippen LogP contribution is -2.11. The second-order valence-corrected chi connectivity index (χ2v) is 7.25. The van der Waals surface area contributed by atoms with Crippen LogP contribution in [0.25, 0.3) is 0 Å². The Labute approximate surface area is 122 Å². The number of aromatic nitrogens is 1. The molecule has 0 radical (unpaired) electrons. The Bertz CT molecular complexity index is 597. The van der Waals surface area contributed by atoms with Crippen molar-refractivity contribution in [2.24, 2.45) is 4.99 Å². The minimum Gasteiger partial charge on any atom is -0.546 e. The van der Waals surface area contributed by atoms with E-state index >= 15 is 0 Å². The zero-order chi connectivity index (χ0) is 14.4. The molecule has 0 aliphatic rings. The molecule has 4 heteroatoms. The van der Waals surface area contributed by atoms with E-state index in [1.165, 1.54) is 0 Å². The van der Waals surface area contributed by atoms with Gasteiger partial charge in [0.1, 0.15) is 11.4 Å². The summed E-state index contributed by atoms with van der Waals surface area (Å²) in [5, 5.41) is 0. The van der Waals surface area contributed by atoms with Crippen LogP contribution in [0.15, 0.2) is 47.5 Å². The van der Waals surface area contributed by atoms with E-state index in [-0.39, 0.29) is 0 Å². The molecule has 0 fully saturated rings. The topological polar surface area (TPSA) is 34.5 Å². The van der Waals surface area contributed by atoms with E-state index in [2.05, 4.69) is 23.1 Å². The zero-order valence-corrected chi connectivity index (χ0v) is 13.4. The van der Waals surface area contributed by atoms with Gasteiger partial charge in [0.2, 0.25) is 9.04 Å². The SMILES string of the molecule is Cc1cccc(CC=Nc2ccccc2O[SiH](C)C)n1. The molecule has 0 aliphatic heterocycles. The average molecular weight is 284 g/mol. The third-order valence-corrected chi connectivity index (χ3v) is 3.43. The molecule has 0 bridgehead atoms. The van der Waals surface area contributed by atoms with Gasteiger partial charge in [-0.1, -0.05) is 18.2 Å². The summed E-state index contributed by atoms with van der Waals surface area (Å²) in [6.07, 6.45) is 2.63. The van der Waals surface area contributed by atoms with Crippen molar-refractivity contribution in [1.82, 2.24) is 4.98 Å². The van der Waals surface area contributed by atoms with Crippen LogP contribution in [0.4, 0.5) is 5.69 Å². The summed E-state index contributed by atoms with van der Waals surface area (Å²) in [7, 11) is -1.11. The summed E-state index contributed by atoms with van der Waals surface area (Å²) < 4.78 is 5.88. The Balaban J connectivity index is 2.08. The van der Waals surface area contributed by atoms with Gasteiger partial charge in [-0.2, -0.15) is 0 Å². The molecule has 0 atom stereocenters. The normalized spacial score (nSPS) is 11.2. The Morgan fingerprint density at radius 1 is 1.15 bits per heavy atom. The van der Waals surface area contributed by atoms with Crippen LogP contribution in [0.1, 0.15) is 11.4 Å². The lowest BCUT2D eigenvalue weighted by atomic mass is 10.2. The predicted molar refractivity (Wildman–Crippen MR) is 86.8 cm³/mol. The second kappa shape index (κ2) is 7.00. The standard InChI is InChI=1S/C16H20N2OSi/c1-13-7-6-8-14(18-13)11-12-17-15-9-4-5-10-16(15)19-20(2)3/h4-10,12,20H,11H2,1-3H3. The minimum atomic E-state index is -1.11. The van der Waals surface area contributed by atoms with Gasteiger partial charge in [0.05, 0.1) is 0 Å². The maximum atomic E-state index is 5.88. The smallest absolute Gasteiger partial charge is 0.229 e. The molecule has 3 nitrogen and oxygen atoms in total. The number of pyridine rings is 1. The Kier molecular flexibility index (Phi) is 5.07. The third kappa shape index (κ3) is 4.31. The molecular weight excluding hydrogens is 264 g/mol. The van der Waals surface area contributed by atoms with Crippen LogP contribution in [-0.4, -0.2) is 20.2 Å². The van der Waals surface area contributed by atoms with E-state index in [4.69, 9.17) is 4.43 Å². The number of rotatable bonds is 5. The summed E-state index contributed by atoms with van der Waals surface area (Å²) >= 11 is 0. The fourth-order valence-corrected chi connectivity index (χ4v) is 2.58. The molecular formula is C16H20N2OSi. The van der Waals surface area contributed by atoms with Crippen molar-refractivity contribution < 1.29 is 4.43 Å². The van der Waals surface area contributed by atoms with Crippen LogP contribution in [0.5, 0.6) is 5.75 Å². The van der Waals surface area contributed by atoms with Crippen molar-refractivity contribution in [2.75, 3.05) is 0 Å². The van der Waals surface area contributed by atoms with Gasteiger partial charge in [-0.15, -0.1) is 0 Å². The summed E-state index contributed by atoms with van der Waals surface area (Å²) in [6, 6.07) is 13.9. The molecule has 1 aromatic heterocycles. The first-order chi connectivity index (χ1) is 9.65. The molecule has 0 amide bonds. The molecule has 104 valence electrons. The van der Waals surface area contributed by atoms with E-state index in [1.54, 1.807) is 0 Å². The Morgan fingerprint density at radius 3 is 2.70 bits per heavy atom. The monoisotopic (exact) mass is 284 g/mol. The molecule has 0 spiro atoms. The van der Waals surface area contributed by atoms with Crippen LogP contribution in [0.3, 0.4) is 0 Å². The number of hydrogen-bond acceptors (Lipinski definition) is 3. The number of benzene rings is 1. The third-order valence-electron chi connectivity index (χ3n) is 2.70. The number of nitrogens with zero attached hydrogens (tertiary/aromatic N) is 2. The average Bonchev–Trinajstić information content (AvgIpc) is 2.40. The summed E-state index contributed by atoms with van der Waals surface area (Å²) in [4.78, 5) is 8.98. The Hall–Kier alpha value is -1.94. The Morgan fingerprint density at radius 2 is 1.95 bits per heavy atom. The van der Waals surface area contributed by atoms with Gasteiger partial charge in [-0.25, -0.2) is 0 Å². The van der Waals surface area contributed by atoms with Crippen LogP contribution in [-0.2, 0) is 6.42 Å². The number of para-hydroxylation sites is 2. The summed E-state index contributed by atoms with van der Waals surface area (Å²) in [5.41, 5.74) is 2.96. The number of hydrogen-bond donors (Lipinski definition) is 0. The highest BCUT2D eigenvalue weighted by Gasteiger charge is 2.03. The van der Waals surface area contributed by atoms with Gasteiger partial charge in [0.15, 0.2) is 0 Å². The molecule has 1 aromatic carbocycles. The van der Waals surface area contributed by atoms with Crippen LogP contribution >= 0.6 is 0 Å². The van der Waals surface area contributed by atoms with Gasteiger partial charge in [-0.3, -0.25) is 9.98 Å². The van der Waals surface area contributed by atoms with Crippen molar-refractivity contribution in [1.29, 1.82) is 0 Å². The molecule has 2 rings (SSSR count). The summed E-state index contributed by atoms with van der Waals surface area (Å²) in [5.74, 6) is 0.877. The number of aliphatic imine (C=N–C) groups is 1. The minimum absolute atomic E-state index is 0.731. The van der Waals surface area contributed by atoms with Crippen LogP contribution in [0, 0.1) is 6.92 Å². The highest BCUT2D eigenvalue weighted by molar-refractivity contribution is 6.49. The first-order valence-corrected chi connectivity index (χ1v) is 9.64. The van der Waals surface area contributed by atoms with E-state index in [1.807, 2.05) is 55.6 Å². The molecule has 2 aromatic rings. The van der Waals surface area contributed by atoms with E-state index < -0.39 is 9.04 Å². The zero-order valence-electron chi connectivity index (χ0n) is 12.2. The van der Waals surface area contributed by atoms with Crippen molar-refractivity contribution in [2.45, 2.75) is 26.4 Å². The van der Waals surface area contributed by atoms with Crippen molar-refractivity contribution in [3.05, 3.63) is 53.9 Å². The fourth-order valence-electron chi connectivity index (χ4n) is 1.87. The quantitative estimate of drug-likeness (QED) is 0.620. The van der Waals surface area contributed by atoms with Gasteiger partial charge < -0.3 is 4.43 Å². The highest BCUT2D eigenvalue weighted by atomic mass is 28.3. The molecule has 0 unspecified atom stereocenters. The largest absolute Gasteiger partial charge is 0.546 e. The molecule has 0 saturated carbocycles. The second-order valence-electron chi connectivity index (χ2n) is 4.92. The van der Waals surface area contributed by atoms with E-state index in [9.17, 15) is 0 Å². The molecule has 0 N–H and O–H groups in total. The maximum absolute atomic E-state index is 5.88. The van der Waals surface area contributed by atoms with E-state index in [0.717, 1.165) is 29.2 Å². The van der Waals surface area contributed by atoms with Crippen molar-refractivity contribution >= 4 is 20.9 Å². The van der Waals surface area contributed by atoms with Gasteiger partial charge >= 0.3 is 0 Å². The first-order valence-electron chi connectivity index (χ1n) is 6.86. The number of aryl methyl sites for hydroxylation is 1. The molecule has 0 saturated heterocycles. The molecule has 20 heavy (non-hydrogen) atoms. The van der Waals surface area contributed by atoms with Crippen molar-refractivity contribution in [3.63, 3.8) is 0 Å². The van der Waals surface area contributed by atoms with Gasteiger partial charge in [-0.05, 0) is 44.3 Å². The molecule has 0 aliphatic carbocycles. The van der Waals surface area contributed by atoms with E-state index in [0.29, 0.717) is 0 Å². The highest BCUT2D eigenvalue weighted by Crippen LogP contribution is 2.27. The van der Waals surface area contributed by atoms with Gasteiger partial charge in [0, 0.05) is 24.0 Å². The maximum Gasteiger partial charge on any atom is 0.229 e. The van der Waals surface area contributed by atoms with Crippen LogP contribution < -0.4 is 4.43 Å². The molecule has 1 heterocycles. The predicted octanol–water partition coefficient (Wildman–Crippen LogP) is 3.70. The lowest BCUT2D eigenvalue weighted by Gasteiger charge is -2.11. The van der Waals surface area contributed by atoms with Gasteiger partial charge in [0.25, 0.3) is 0 Å². The van der Waals surface area contributed by atoms with Crippen molar-refractivity contribution in [3.8, 4) is 5.75 Å². The first kappa shape index (κ1) is 14.5.